The third kappa shape index (κ3) is 4.75. The van der Waals surface area contributed by atoms with Crippen molar-refractivity contribution in [1.29, 1.82) is 0 Å². The van der Waals surface area contributed by atoms with Crippen molar-refractivity contribution < 1.29 is 9.90 Å². The topological polar surface area (TPSA) is 75.3 Å². The lowest BCUT2D eigenvalue weighted by atomic mass is 10.0. The number of anilines is 1. The van der Waals surface area contributed by atoms with E-state index < -0.39 is 5.60 Å². The number of aliphatic hydroxyl groups is 1. The van der Waals surface area contributed by atoms with Gasteiger partial charge in [-0.15, -0.1) is 0 Å². The average Bonchev–Trinajstić information content (AvgIpc) is 2.30. The Bertz CT molecular complexity index is 403. The van der Waals surface area contributed by atoms with Crippen molar-refractivity contribution in [3.05, 3.63) is 29.8 Å². The molecule has 1 amide bonds. The largest absolute Gasteiger partial charge is 0.398 e. The molecule has 100 valence electrons. The van der Waals surface area contributed by atoms with E-state index in [4.69, 9.17) is 5.73 Å². The summed E-state index contributed by atoms with van der Waals surface area (Å²) in [7, 11) is 0. The molecule has 0 aromatic heterocycles. The number of amides is 1. The molecule has 0 heterocycles. The molecular formula is C14H22N2O2. The Morgan fingerprint density at radius 3 is 2.72 bits per heavy atom. The van der Waals surface area contributed by atoms with E-state index in [1.54, 1.807) is 13.0 Å². The molecule has 0 bridgehead atoms. The fourth-order valence-electron chi connectivity index (χ4n) is 1.85. The number of hydrogen-bond acceptors (Lipinski definition) is 3. The highest BCUT2D eigenvalue weighted by Gasteiger charge is 2.19. The van der Waals surface area contributed by atoms with Crippen LogP contribution in [0, 0.1) is 0 Å². The molecule has 0 aliphatic rings. The fraction of sp³-hybridized carbons (Fsp3) is 0.500. The lowest BCUT2D eigenvalue weighted by molar-refractivity contribution is -0.121. The van der Waals surface area contributed by atoms with Crippen molar-refractivity contribution in [1.82, 2.24) is 5.32 Å². The highest BCUT2D eigenvalue weighted by Crippen LogP contribution is 2.12. The van der Waals surface area contributed by atoms with Gasteiger partial charge in [-0.25, -0.2) is 0 Å². The first kappa shape index (κ1) is 14.5. The molecule has 1 aromatic rings. The second-order valence-corrected chi connectivity index (χ2v) is 4.90. The van der Waals surface area contributed by atoms with E-state index in [0.717, 1.165) is 12.0 Å². The van der Waals surface area contributed by atoms with Crippen LogP contribution in [0.15, 0.2) is 24.3 Å². The number of rotatable bonds is 6. The standard InChI is InChI=1S/C14H22N2O2/c1-3-8-14(2,18)10-16-13(17)9-11-6-4-5-7-12(11)15/h4-7,18H,3,8-10,15H2,1-2H3,(H,16,17). The highest BCUT2D eigenvalue weighted by molar-refractivity contribution is 5.80. The number of nitrogen functional groups attached to an aromatic ring is 1. The van der Waals surface area contributed by atoms with Crippen LogP contribution < -0.4 is 11.1 Å². The molecule has 0 fully saturated rings. The van der Waals surface area contributed by atoms with Crippen LogP contribution in [0.1, 0.15) is 32.3 Å². The molecule has 0 aliphatic carbocycles. The number of carbonyl (C=O) groups excluding carboxylic acids is 1. The summed E-state index contributed by atoms with van der Waals surface area (Å²) in [5, 5.41) is 12.7. The van der Waals surface area contributed by atoms with Crippen molar-refractivity contribution in [2.45, 2.75) is 38.7 Å². The number of benzene rings is 1. The first-order valence-electron chi connectivity index (χ1n) is 6.27. The first-order chi connectivity index (χ1) is 8.44. The Morgan fingerprint density at radius 2 is 2.11 bits per heavy atom. The van der Waals surface area contributed by atoms with Gasteiger partial charge in [0.2, 0.25) is 5.91 Å². The monoisotopic (exact) mass is 250 g/mol. The number of carbonyl (C=O) groups is 1. The maximum Gasteiger partial charge on any atom is 0.224 e. The van der Waals surface area contributed by atoms with Gasteiger partial charge in [-0.2, -0.15) is 0 Å². The number of hydrogen-bond donors (Lipinski definition) is 3. The van der Waals surface area contributed by atoms with Crippen LogP contribution in [-0.4, -0.2) is 23.2 Å². The summed E-state index contributed by atoms with van der Waals surface area (Å²) in [6, 6.07) is 7.30. The summed E-state index contributed by atoms with van der Waals surface area (Å²) < 4.78 is 0. The van der Waals surface area contributed by atoms with Crippen LogP contribution in [0.4, 0.5) is 5.69 Å². The molecule has 1 aromatic carbocycles. The lowest BCUT2D eigenvalue weighted by Gasteiger charge is -2.23. The Labute approximate surface area is 108 Å². The summed E-state index contributed by atoms with van der Waals surface area (Å²) >= 11 is 0. The molecule has 1 rings (SSSR count). The summed E-state index contributed by atoms with van der Waals surface area (Å²) in [5.74, 6) is -0.121. The highest BCUT2D eigenvalue weighted by atomic mass is 16.3. The molecule has 4 N–H and O–H groups in total. The van der Waals surface area contributed by atoms with E-state index >= 15 is 0 Å². The minimum Gasteiger partial charge on any atom is -0.398 e. The van der Waals surface area contributed by atoms with Crippen LogP contribution in [-0.2, 0) is 11.2 Å². The molecule has 1 atom stereocenters. The molecule has 4 heteroatoms. The van der Waals surface area contributed by atoms with Crippen molar-refractivity contribution in [2.75, 3.05) is 12.3 Å². The predicted octanol–water partition coefficient (Wildman–Crippen LogP) is 1.48. The number of nitrogens with two attached hydrogens (primary N) is 1. The minimum absolute atomic E-state index is 0.121. The second-order valence-electron chi connectivity index (χ2n) is 4.90. The Balaban J connectivity index is 2.46. The molecule has 0 spiro atoms. The second kappa shape index (κ2) is 6.40. The number of para-hydroxylation sites is 1. The van der Waals surface area contributed by atoms with Gasteiger partial charge in [0.15, 0.2) is 0 Å². The summed E-state index contributed by atoms with van der Waals surface area (Å²) in [5.41, 5.74) is 6.36. The average molecular weight is 250 g/mol. The van der Waals surface area contributed by atoms with E-state index in [0.29, 0.717) is 12.1 Å². The van der Waals surface area contributed by atoms with Crippen LogP contribution in [0.25, 0.3) is 0 Å². The minimum atomic E-state index is -0.841. The zero-order chi connectivity index (χ0) is 13.6. The van der Waals surface area contributed by atoms with Crippen LogP contribution in [0.5, 0.6) is 0 Å². The lowest BCUT2D eigenvalue weighted by Crippen LogP contribution is -2.41. The molecule has 0 aliphatic heterocycles. The zero-order valence-electron chi connectivity index (χ0n) is 11.1. The normalized spacial score (nSPS) is 13.9. The van der Waals surface area contributed by atoms with Crippen molar-refractivity contribution in [3.63, 3.8) is 0 Å². The van der Waals surface area contributed by atoms with E-state index in [1.165, 1.54) is 0 Å². The van der Waals surface area contributed by atoms with Gasteiger partial charge in [-0.1, -0.05) is 31.5 Å². The van der Waals surface area contributed by atoms with Gasteiger partial charge in [0.1, 0.15) is 0 Å². The number of nitrogens with one attached hydrogen (secondary N) is 1. The fourth-order valence-corrected chi connectivity index (χ4v) is 1.85. The first-order valence-corrected chi connectivity index (χ1v) is 6.27. The molecule has 1 unspecified atom stereocenters. The van der Waals surface area contributed by atoms with E-state index in [-0.39, 0.29) is 18.9 Å². The summed E-state index contributed by atoms with van der Waals surface area (Å²) in [4.78, 5) is 11.7. The van der Waals surface area contributed by atoms with Crippen LogP contribution in [0.2, 0.25) is 0 Å². The van der Waals surface area contributed by atoms with Gasteiger partial charge in [-0.05, 0) is 25.0 Å². The van der Waals surface area contributed by atoms with Gasteiger partial charge in [0.05, 0.1) is 12.0 Å². The maximum atomic E-state index is 11.7. The molecule has 0 saturated carbocycles. The SMILES string of the molecule is CCCC(C)(O)CNC(=O)Cc1ccccc1N. The molecule has 0 saturated heterocycles. The van der Waals surface area contributed by atoms with Crippen molar-refractivity contribution >= 4 is 11.6 Å². The van der Waals surface area contributed by atoms with E-state index in [9.17, 15) is 9.90 Å². The predicted molar refractivity (Wildman–Crippen MR) is 73.1 cm³/mol. The van der Waals surface area contributed by atoms with Gasteiger partial charge in [0, 0.05) is 12.2 Å². The van der Waals surface area contributed by atoms with Crippen molar-refractivity contribution in [2.24, 2.45) is 0 Å². The maximum absolute atomic E-state index is 11.7. The molecular weight excluding hydrogens is 228 g/mol. The Hall–Kier alpha value is -1.55. The molecule has 0 radical (unpaired) electrons. The molecule has 18 heavy (non-hydrogen) atoms. The van der Waals surface area contributed by atoms with Crippen LogP contribution >= 0.6 is 0 Å². The van der Waals surface area contributed by atoms with Gasteiger partial charge in [-0.3, -0.25) is 4.79 Å². The third-order valence-electron chi connectivity index (χ3n) is 2.86. The Kier molecular flexibility index (Phi) is 5.16. The summed E-state index contributed by atoms with van der Waals surface area (Å²) in [6.45, 7) is 4.00. The van der Waals surface area contributed by atoms with E-state index in [1.807, 2.05) is 25.1 Å². The summed E-state index contributed by atoms with van der Waals surface area (Å²) in [6.07, 6.45) is 1.80. The van der Waals surface area contributed by atoms with Crippen molar-refractivity contribution in [3.8, 4) is 0 Å². The van der Waals surface area contributed by atoms with E-state index in [2.05, 4.69) is 5.32 Å². The Morgan fingerprint density at radius 1 is 1.44 bits per heavy atom. The van der Waals surface area contributed by atoms with Crippen LogP contribution in [0.3, 0.4) is 0 Å². The smallest absolute Gasteiger partial charge is 0.224 e. The zero-order valence-corrected chi connectivity index (χ0v) is 11.1. The quantitative estimate of drug-likeness (QED) is 0.669. The molecule has 4 nitrogen and oxygen atoms in total. The third-order valence-corrected chi connectivity index (χ3v) is 2.86. The van der Waals surface area contributed by atoms with Gasteiger partial charge >= 0.3 is 0 Å². The van der Waals surface area contributed by atoms with Gasteiger partial charge in [0.25, 0.3) is 0 Å². The van der Waals surface area contributed by atoms with Gasteiger partial charge < -0.3 is 16.2 Å².